The molecule has 0 unspecified atom stereocenters. The molecule has 1 amide bonds. The molecule has 102 valence electrons. The molecule has 0 bridgehead atoms. The molecule has 6 heteroatoms. The fraction of sp³-hybridized carbons (Fsp3) is 0.667. The summed E-state index contributed by atoms with van der Waals surface area (Å²) in [6.07, 6.45) is 0. The molecule has 0 fully saturated rings. The van der Waals surface area contributed by atoms with Crippen LogP contribution in [0.2, 0.25) is 0 Å². The van der Waals surface area contributed by atoms with Gasteiger partial charge in [0, 0.05) is 20.1 Å². The normalized spacial score (nSPS) is 11.0. The van der Waals surface area contributed by atoms with Crippen LogP contribution in [0.4, 0.5) is 0 Å². The largest absolute Gasteiger partial charge is 0.355 e. The molecule has 18 heavy (non-hydrogen) atoms. The highest BCUT2D eigenvalue weighted by atomic mass is 79.9. The third-order valence-electron chi connectivity index (χ3n) is 2.82. The van der Waals surface area contributed by atoms with Crippen molar-refractivity contribution in [2.45, 2.75) is 27.3 Å². The van der Waals surface area contributed by atoms with Crippen molar-refractivity contribution in [1.29, 1.82) is 0 Å². The van der Waals surface area contributed by atoms with E-state index in [4.69, 9.17) is 0 Å². The highest BCUT2D eigenvalue weighted by Crippen LogP contribution is 2.21. The van der Waals surface area contributed by atoms with E-state index in [-0.39, 0.29) is 5.91 Å². The van der Waals surface area contributed by atoms with Crippen molar-refractivity contribution in [3.05, 3.63) is 15.9 Å². The van der Waals surface area contributed by atoms with Crippen molar-refractivity contribution in [2.75, 3.05) is 19.6 Å². The summed E-state index contributed by atoms with van der Waals surface area (Å²) in [5.74, 6) is 0.0642. The predicted octanol–water partition coefficient (Wildman–Crippen LogP) is 1.45. The van der Waals surface area contributed by atoms with Crippen LogP contribution in [0.25, 0.3) is 0 Å². The van der Waals surface area contributed by atoms with E-state index in [0.29, 0.717) is 19.6 Å². The Bertz CT molecular complexity index is 416. The lowest BCUT2D eigenvalue weighted by molar-refractivity contribution is -0.122. The van der Waals surface area contributed by atoms with Gasteiger partial charge in [0.15, 0.2) is 0 Å². The minimum absolute atomic E-state index is 0.0642. The lowest BCUT2D eigenvalue weighted by atomic mass is 10.3. The number of aryl methyl sites for hydroxylation is 2. The number of aromatic nitrogens is 2. The van der Waals surface area contributed by atoms with Crippen LogP contribution in [0.3, 0.4) is 0 Å². The fourth-order valence-electron chi connectivity index (χ4n) is 1.80. The Labute approximate surface area is 117 Å². The van der Waals surface area contributed by atoms with Gasteiger partial charge in [0.25, 0.3) is 0 Å². The van der Waals surface area contributed by atoms with E-state index in [2.05, 4.69) is 38.2 Å². The number of hydrogen-bond acceptors (Lipinski definition) is 3. The molecule has 1 aromatic rings. The van der Waals surface area contributed by atoms with Gasteiger partial charge in [0.1, 0.15) is 0 Å². The number of hydrogen-bond donors (Lipinski definition) is 1. The van der Waals surface area contributed by atoms with E-state index in [1.54, 1.807) is 0 Å². The Morgan fingerprint density at radius 3 is 2.61 bits per heavy atom. The number of likely N-dealkylation sites (N-methyl/N-ethyl adjacent to an activating group) is 2. The van der Waals surface area contributed by atoms with Gasteiger partial charge in [-0.1, -0.05) is 6.92 Å². The highest BCUT2D eigenvalue weighted by Gasteiger charge is 2.15. The van der Waals surface area contributed by atoms with Gasteiger partial charge in [-0.25, -0.2) is 0 Å². The third-order valence-corrected chi connectivity index (χ3v) is 3.85. The van der Waals surface area contributed by atoms with E-state index in [0.717, 1.165) is 22.4 Å². The number of amides is 1. The first-order valence-corrected chi connectivity index (χ1v) is 6.95. The van der Waals surface area contributed by atoms with Crippen LogP contribution in [-0.4, -0.2) is 40.2 Å². The molecule has 0 radical (unpaired) electrons. The number of nitrogens with one attached hydrogen (secondary N) is 1. The summed E-state index contributed by atoms with van der Waals surface area (Å²) in [4.78, 5) is 13.7. The number of rotatable bonds is 6. The number of carbonyl (C=O) groups is 1. The summed E-state index contributed by atoms with van der Waals surface area (Å²) in [6.45, 7) is 8.57. The Balaban J connectivity index is 2.71. The zero-order valence-electron chi connectivity index (χ0n) is 11.5. The van der Waals surface area contributed by atoms with Crippen molar-refractivity contribution in [3.63, 3.8) is 0 Å². The molecular weight excluding hydrogens is 296 g/mol. The Hall–Kier alpha value is -0.880. The maximum absolute atomic E-state index is 11.6. The van der Waals surface area contributed by atoms with Crippen molar-refractivity contribution in [2.24, 2.45) is 7.05 Å². The molecule has 0 aliphatic heterocycles. The number of carbonyl (C=O) groups excluding carboxylic acids is 1. The predicted molar refractivity (Wildman–Crippen MR) is 75.3 cm³/mol. The Kier molecular flexibility index (Phi) is 5.81. The summed E-state index contributed by atoms with van der Waals surface area (Å²) in [7, 11) is 1.92. The number of nitrogens with zero attached hydrogens (tertiary/aromatic N) is 3. The summed E-state index contributed by atoms with van der Waals surface area (Å²) < 4.78 is 2.89. The summed E-state index contributed by atoms with van der Waals surface area (Å²) in [5, 5.41) is 7.17. The van der Waals surface area contributed by atoms with E-state index >= 15 is 0 Å². The molecule has 0 aromatic carbocycles. The van der Waals surface area contributed by atoms with Gasteiger partial charge in [-0.05, 0) is 36.3 Å². The molecule has 0 aliphatic carbocycles. The maximum Gasteiger partial charge on any atom is 0.234 e. The third kappa shape index (κ3) is 3.81. The maximum atomic E-state index is 11.6. The smallest absolute Gasteiger partial charge is 0.234 e. The second kappa shape index (κ2) is 6.89. The molecule has 1 rings (SSSR count). The lowest BCUT2D eigenvalue weighted by Crippen LogP contribution is -2.37. The van der Waals surface area contributed by atoms with Crippen LogP contribution in [0, 0.1) is 6.92 Å². The molecule has 0 spiro atoms. The molecule has 1 heterocycles. The van der Waals surface area contributed by atoms with Crippen LogP contribution in [-0.2, 0) is 18.4 Å². The van der Waals surface area contributed by atoms with Crippen LogP contribution in [0.5, 0.6) is 0 Å². The first kappa shape index (κ1) is 15.2. The lowest BCUT2D eigenvalue weighted by Gasteiger charge is -2.20. The van der Waals surface area contributed by atoms with Gasteiger partial charge >= 0.3 is 0 Å². The molecule has 1 N–H and O–H groups in total. The van der Waals surface area contributed by atoms with Gasteiger partial charge in [-0.2, -0.15) is 5.10 Å². The first-order valence-electron chi connectivity index (χ1n) is 6.16. The Morgan fingerprint density at radius 1 is 1.50 bits per heavy atom. The standard InChI is InChI=1S/C12H21BrN4O/c1-5-14-11(18)8-17(6-2)7-10-12(13)9(3)15-16(10)4/h5-8H2,1-4H3,(H,14,18). The van der Waals surface area contributed by atoms with Gasteiger partial charge in [0.05, 0.1) is 22.4 Å². The zero-order chi connectivity index (χ0) is 13.7. The minimum Gasteiger partial charge on any atom is -0.355 e. The topological polar surface area (TPSA) is 50.2 Å². The fourth-order valence-corrected chi connectivity index (χ4v) is 2.26. The summed E-state index contributed by atoms with van der Waals surface area (Å²) >= 11 is 3.55. The first-order chi connectivity index (χ1) is 8.49. The molecule has 1 aromatic heterocycles. The van der Waals surface area contributed by atoms with E-state index < -0.39 is 0 Å². The summed E-state index contributed by atoms with van der Waals surface area (Å²) in [6, 6.07) is 0. The minimum atomic E-state index is 0.0642. The zero-order valence-corrected chi connectivity index (χ0v) is 13.0. The summed E-state index contributed by atoms with van der Waals surface area (Å²) in [5.41, 5.74) is 2.07. The molecule has 0 saturated heterocycles. The quantitative estimate of drug-likeness (QED) is 0.864. The van der Waals surface area contributed by atoms with E-state index in [1.165, 1.54) is 0 Å². The van der Waals surface area contributed by atoms with Crippen LogP contribution >= 0.6 is 15.9 Å². The van der Waals surface area contributed by atoms with Crippen LogP contribution < -0.4 is 5.32 Å². The second-order valence-electron chi connectivity index (χ2n) is 4.23. The van der Waals surface area contributed by atoms with Crippen LogP contribution in [0.15, 0.2) is 4.47 Å². The highest BCUT2D eigenvalue weighted by molar-refractivity contribution is 9.10. The van der Waals surface area contributed by atoms with Gasteiger partial charge < -0.3 is 5.32 Å². The van der Waals surface area contributed by atoms with Crippen molar-refractivity contribution in [3.8, 4) is 0 Å². The SMILES string of the molecule is CCNC(=O)CN(CC)Cc1c(Br)c(C)nn1C. The number of halogens is 1. The van der Waals surface area contributed by atoms with Gasteiger partial charge in [0.2, 0.25) is 5.91 Å². The average Bonchev–Trinajstić information content (AvgIpc) is 2.55. The van der Waals surface area contributed by atoms with Gasteiger partial charge in [-0.15, -0.1) is 0 Å². The monoisotopic (exact) mass is 316 g/mol. The van der Waals surface area contributed by atoms with E-state index in [1.807, 2.05) is 25.6 Å². The van der Waals surface area contributed by atoms with Crippen molar-refractivity contribution < 1.29 is 4.79 Å². The average molecular weight is 317 g/mol. The van der Waals surface area contributed by atoms with E-state index in [9.17, 15) is 4.79 Å². The molecule has 0 aliphatic rings. The molecular formula is C12H21BrN4O. The van der Waals surface area contributed by atoms with Crippen molar-refractivity contribution in [1.82, 2.24) is 20.0 Å². The Morgan fingerprint density at radius 2 is 2.17 bits per heavy atom. The van der Waals surface area contributed by atoms with Gasteiger partial charge in [-0.3, -0.25) is 14.4 Å². The van der Waals surface area contributed by atoms with Crippen LogP contribution in [0.1, 0.15) is 25.2 Å². The molecule has 0 saturated carbocycles. The molecule has 5 nitrogen and oxygen atoms in total. The van der Waals surface area contributed by atoms with Crippen molar-refractivity contribution >= 4 is 21.8 Å². The molecule has 0 atom stereocenters. The second-order valence-corrected chi connectivity index (χ2v) is 5.02.